The van der Waals surface area contributed by atoms with E-state index in [4.69, 9.17) is 0 Å². The predicted molar refractivity (Wildman–Crippen MR) is 95.5 cm³/mol. The maximum absolute atomic E-state index is 12.7. The van der Waals surface area contributed by atoms with Gasteiger partial charge in [-0.05, 0) is 48.4 Å². The molecule has 0 unspecified atom stereocenters. The number of carbonyl (C=O) groups is 1. The molecule has 1 aliphatic rings. The number of amides is 1. The summed E-state index contributed by atoms with van der Waals surface area (Å²) in [5, 5.41) is 5.46. The van der Waals surface area contributed by atoms with Crippen molar-refractivity contribution in [1.82, 2.24) is 4.90 Å². The van der Waals surface area contributed by atoms with Crippen LogP contribution in [0.4, 0.5) is 5.69 Å². The molecular formula is C17H21ClN2OS. The summed E-state index contributed by atoms with van der Waals surface area (Å²) in [6.45, 7) is 1.76. The van der Waals surface area contributed by atoms with Crippen molar-refractivity contribution >= 4 is 35.3 Å². The lowest BCUT2D eigenvalue weighted by molar-refractivity contribution is 0.0795. The van der Waals surface area contributed by atoms with E-state index in [0.717, 1.165) is 43.6 Å². The number of halogens is 1. The molecule has 0 saturated carbocycles. The van der Waals surface area contributed by atoms with Crippen LogP contribution in [0, 0.1) is 0 Å². The second kappa shape index (κ2) is 7.65. The Morgan fingerprint density at radius 1 is 1.32 bits per heavy atom. The Morgan fingerprint density at radius 2 is 2.18 bits per heavy atom. The summed E-state index contributed by atoms with van der Waals surface area (Å²) in [4.78, 5) is 15.8. The average molecular weight is 337 g/mol. The van der Waals surface area contributed by atoms with Crippen molar-refractivity contribution in [3.8, 4) is 0 Å². The maximum Gasteiger partial charge on any atom is 0.253 e. The molecule has 22 heavy (non-hydrogen) atoms. The summed E-state index contributed by atoms with van der Waals surface area (Å²) >= 11 is 1.75. The first kappa shape index (κ1) is 16.8. The zero-order valence-electron chi connectivity index (χ0n) is 12.7. The lowest BCUT2D eigenvalue weighted by atomic mass is 9.97. The van der Waals surface area contributed by atoms with Crippen molar-refractivity contribution in [3.63, 3.8) is 0 Å². The fourth-order valence-corrected chi connectivity index (χ4v) is 3.45. The number of carbonyl (C=O) groups excluding carboxylic acids is 1. The largest absolute Gasteiger partial charge is 0.385 e. The van der Waals surface area contributed by atoms with Crippen molar-refractivity contribution in [1.29, 1.82) is 0 Å². The van der Waals surface area contributed by atoms with E-state index in [1.807, 2.05) is 24.1 Å². The molecule has 2 heterocycles. The van der Waals surface area contributed by atoms with E-state index < -0.39 is 0 Å². The third-order valence-electron chi connectivity index (χ3n) is 3.95. The molecule has 1 aliphatic heterocycles. The van der Waals surface area contributed by atoms with Crippen LogP contribution in [-0.4, -0.2) is 30.9 Å². The van der Waals surface area contributed by atoms with Gasteiger partial charge in [0.2, 0.25) is 0 Å². The number of benzene rings is 1. The highest BCUT2D eigenvalue weighted by Crippen LogP contribution is 2.26. The van der Waals surface area contributed by atoms with Gasteiger partial charge in [-0.15, -0.1) is 23.7 Å². The monoisotopic (exact) mass is 336 g/mol. The van der Waals surface area contributed by atoms with Gasteiger partial charge >= 0.3 is 0 Å². The van der Waals surface area contributed by atoms with Gasteiger partial charge in [-0.3, -0.25) is 4.79 Å². The molecule has 3 rings (SSSR count). The molecule has 0 fully saturated rings. The Hall–Kier alpha value is -1.52. The Bertz CT molecular complexity index is 628. The molecule has 1 aromatic heterocycles. The summed E-state index contributed by atoms with van der Waals surface area (Å²) < 4.78 is 0. The second-order valence-corrected chi connectivity index (χ2v) is 6.45. The van der Waals surface area contributed by atoms with Crippen molar-refractivity contribution in [2.24, 2.45) is 0 Å². The molecular weight excluding hydrogens is 316 g/mol. The number of hydrogen-bond acceptors (Lipinski definition) is 3. The standard InChI is InChI=1S/C17H20N2OS.ClH/c1-19(11-9-13-5-4-12-21-13)17(20)15-6-2-8-16-14(15)7-3-10-18-16;/h2,4-6,8,12,18H,3,7,9-11H2,1H3;1H. The molecule has 0 spiro atoms. The van der Waals surface area contributed by atoms with Crippen LogP contribution in [0.25, 0.3) is 0 Å². The quantitative estimate of drug-likeness (QED) is 0.920. The van der Waals surface area contributed by atoms with E-state index in [2.05, 4.69) is 28.9 Å². The van der Waals surface area contributed by atoms with Crippen molar-refractivity contribution in [3.05, 3.63) is 51.7 Å². The summed E-state index contributed by atoms with van der Waals surface area (Å²) in [6, 6.07) is 10.2. The lowest BCUT2D eigenvalue weighted by Gasteiger charge is -2.23. The number of fused-ring (bicyclic) bond motifs is 1. The van der Waals surface area contributed by atoms with Crippen LogP contribution >= 0.6 is 23.7 Å². The number of nitrogens with zero attached hydrogens (tertiary/aromatic N) is 1. The Kier molecular flexibility index (Phi) is 5.86. The number of hydrogen-bond donors (Lipinski definition) is 1. The molecule has 118 valence electrons. The van der Waals surface area contributed by atoms with Crippen molar-refractivity contribution < 1.29 is 4.79 Å². The number of anilines is 1. The molecule has 2 aromatic rings. The summed E-state index contributed by atoms with van der Waals surface area (Å²) in [5.41, 5.74) is 3.16. The van der Waals surface area contributed by atoms with Crippen LogP contribution in [0.1, 0.15) is 27.2 Å². The number of rotatable bonds is 4. The Balaban J connectivity index is 0.00000176. The van der Waals surface area contributed by atoms with E-state index >= 15 is 0 Å². The normalized spacial score (nSPS) is 12.8. The summed E-state index contributed by atoms with van der Waals surface area (Å²) in [6.07, 6.45) is 3.01. The van der Waals surface area contributed by atoms with E-state index in [0.29, 0.717) is 0 Å². The minimum atomic E-state index is 0. The first-order valence-electron chi connectivity index (χ1n) is 7.39. The summed E-state index contributed by atoms with van der Waals surface area (Å²) in [5.74, 6) is 0.132. The van der Waals surface area contributed by atoms with E-state index in [1.54, 1.807) is 11.3 Å². The minimum absolute atomic E-state index is 0. The van der Waals surface area contributed by atoms with Crippen LogP contribution < -0.4 is 5.32 Å². The average Bonchev–Trinajstić information content (AvgIpc) is 3.05. The number of nitrogens with one attached hydrogen (secondary N) is 1. The zero-order valence-corrected chi connectivity index (χ0v) is 14.3. The zero-order chi connectivity index (χ0) is 14.7. The molecule has 1 amide bonds. The number of thiophene rings is 1. The van der Waals surface area contributed by atoms with Gasteiger partial charge in [-0.2, -0.15) is 0 Å². The van der Waals surface area contributed by atoms with Gasteiger partial charge in [-0.1, -0.05) is 12.1 Å². The third-order valence-corrected chi connectivity index (χ3v) is 4.88. The van der Waals surface area contributed by atoms with Crippen LogP contribution in [-0.2, 0) is 12.8 Å². The molecule has 1 aromatic carbocycles. The first-order chi connectivity index (χ1) is 10.3. The Morgan fingerprint density at radius 3 is 2.95 bits per heavy atom. The highest BCUT2D eigenvalue weighted by atomic mass is 35.5. The molecule has 5 heteroatoms. The Labute approximate surface area is 141 Å². The molecule has 3 nitrogen and oxygen atoms in total. The van der Waals surface area contributed by atoms with Crippen LogP contribution in [0.5, 0.6) is 0 Å². The fourth-order valence-electron chi connectivity index (χ4n) is 2.75. The van der Waals surface area contributed by atoms with Crippen LogP contribution in [0.2, 0.25) is 0 Å². The van der Waals surface area contributed by atoms with Gasteiger partial charge in [0.05, 0.1) is 0 Å². The van der Waals surface area contributed by atoms with Gasteiger partial charge in [-0.25, -0.2) is 0 Å². The highest BCUT2D eigenvalue weighted by molar-refractivity contribution is 7.09. The van der Waals surface area contributed by atoms with Gasteiger partial charge in [0, 0.05) is 36.3 Å². The molecule has 0 aliphatic carbocycles. The van der Waals surface area contributed by atoms with Gasteiger partial charge in [0.25, 0.3) is 5.91 Å². The first-order valence-corrected chi connectivity index (χ1v) is 8.27. The molecule has 0 radical (unpaired) electrons. The molecule has 0 atom stereocenters. The fraction of sp³-hybridized carbons (Fsp3) is 0.353. The lowest BCUT2D eigenvalue weighted by Crippen LogP contribution is -2.30. The van der Waals surface area contributed by atoms with E-state index in [9.17, 15) is 4.79 Å². The molecule has 0 saturated heterocycles. The molecule has 1 N–H and O–H groups in total. The predicted octanol–water partition coefficient (Wildman–Crippen LogP) is 3.84. The van der Waals surface area contributed by atoms with Gasteiger partial charge < -0.3 is 10.2 Å². The number of likely N-dealkylation sites (N-methyl/N-ethyl adjacent to an activating group) is 1. The van der Waals surface area contributed by atoms with Crippen LogP contribution in [0.3, 0.4) is 0 Å². The SMILES string of the molecule is CN(CCc1cccs1)C(=O)c1cccc2c1CCCN2.Cl. The second-order valence-electron chi connectivity index (χ2n) is 5.42. The minimum Gasteiger partial charge on any atom is -0.385 e. The maximum atomic E-state index is 12.7. The molecule has 0 bridgehead atoms. The van der Waals surface area contributed by atoms with Crippen molar-refractivity contribution in [2.75, 3.05) is 25.5 Å². The van der Waals surface area contributed by atoms with Gasteiger partial charge in [0.15, 0.2) is 0 Å². The topological polar surface area (TPSA) is 32.3 Å². The smallest absolute Gasteiger partial charge is 0.253 e. The third kappa shape index (κ3) is 3.62. The van der Waals surface area contributed by atoms with E-state index in [-0.39, 0.29) is 18.3 Å². The van der Waals surface area contributed by atoms with E-state index in [1.165, 1.54) is 10.4 Å². The highest BCUT2D eigenvalue weighted by Gasteiger charge is 2.19. The van der Waals surface area contributed by atoms with Crippen LogP contribution in [0.15, 0.2) is 35.7 Å². The van der Waals surface area contributed by atoms with Gasteiger partial charge in [0.1, 0.15) is 0 Å². The summed E-state index contributed by atoms with van der Waals surface area (Å²) in [7, 11) is 1.89. The van der Waals surface area contributed by atoms with Crippen molar-refractivity contribution in [2.45, 2.75) is 19.3 Å².